The maximum atomic E-state index is 12.2. The van der Waals surface area contributed by atoms with E-state index in [0.717, 1.165) is 11.6 Å². The average molecular weight is 335 g/mol. The van der Waals surface area contributed by atoms with Crippen molar-refractivity contribution in [1.29, 1.82) is 0 Å². The van der Waals surface area contributed by atoms with Gasteiger partial charge < -0.3 is 10.1 Å². The number of para-hydroxylation sites is 1. The summed E-state index contributed by atoms with van der Waals surface area (Å²) in [5.74, 6) is 0.199. The second-order valence-electron chi connectivity index (χ2n) is 4.64. The van der Waals surface area contributed by atoms with Crippen LogP contribution in [0.5, 0.6) is 5.75 Å². The molecule has 23 heavy (non-hydrogen) atoms. The molecule has 0 fully saturated rings. The Kier molecular flexibility index (Phi) is 5.54. The Morgan fingerprint density at radius 2 is 2.04 bits per heavy atom. The molecular weight excluding hydrogens is 320 g/mol. The summed E-state index contributed by atoms with van der Waals surface area (Å²) in [6.45, 7) is 2.62. The summed E-state index contributed by atoms with van der Waals surface area (Å²) in [7, 11) is 0. The minimum Gasteiger partial charge on any atom is -0.494 e. The lowest BCUT2D eigenvalue weighted by Gasteiger charge is -2.11. The standard InChI is InChI=1S/C16H15ClN2O4/c1-2-23-15-6-4-3-5-11(15)10-18-16(20)13-9-12(19(21)22)7-8-14(13)17/h3-9H,2,10H2,1H3,(H,18,20). The summed E-state index contributed by atoms with van der Waals surface area (Å²) in [5, 5.41) is 13.7. The highest BCUT2D eigenvalue weighted by Gasteiger charge is 2.16. The molecule has 2 aromatic rings. The molecular formula is C16H15ClN2O4. The van der Waals surface area contributed by atoms with E-state index in [1.807, 2.05) is 31.2 Å². The van der Waals surface area contributed by atoms with Gasteiger partial charge in [-0.15, -0.1) is 0 Å². The van der Waals surface area contributed by atoms with E-state index >= 15 is 0 Å². The number of nitrogens with one attached hydrogen (secondary N) is 1. The topological polar surface area (TPSA) is 81.5 Å². The molecule has 6 nitrogen and oxygen atoms in total. The van der Waals surface area contributed by atoms with E-state index in [1.165, 1.54) is 12.1 Å². The first-order chi connectivity index (χ1) is 11.0. The minimum absolute atomic E-state index is 0.0646. The van der Waals surface area contributed by atoms with Crippen LogP contribution in [-0.2, 0) is 6.54 Å². The predicted octanol–water partition coefficient (Wildman–Crippen LogP) is 3.58. The highest BCUT2D eigenvalue weighted by atomic mass is 35.5. The lowest BCUT2D eigenvalue weighted by molar-refractivity contribution is -0.384. The van der Waals surface area contributed by atoms with Crippen molar-refractivity contribution in [3.63, 3.8) is 0 Å². The summed E-state index contributed by atoms with van der Waals surface area (Å²) in [6, 6.07) is 11.1. The van der Waals surface area contributed by atoms with E-state index in [0.29, 0.717) is 12.4 Å². The van der Waals surface area contributed by atoms with Gasteiger partial charge in [0.1, 0.15) is 5.75 Å². The Labute approximate surface area is 138 Å². The van der Waals surface area contributed by atoms with E-state index in [2.05, 4.69) is 5.32 Å². The Morgan fingerprint density at radius 1 is 1.30 bits per heavy atom. The number of carbonyl (C=O) groups excluding carboxylic acids is 1. The zero-order valence-corrected chi connectivity index (χ0v) is 13.2. The van der Waals surface area contributed by atoms with Crippen molar-refractivity contribution in [2.24, 2.45) is 0 Å². The first-order valence-corrected chi connectivity index (χ1v) is 7.33. The van der Waals surface area contributed by atoms with Crippen LogP contribution in [-0.4, -0.2) is 17.4 Å². The normalized spacial score (nSPS) is 10.2. The van der Waals surface area contributed by atoms with Gasteiger partial charge in [0, 0.05) is 24.2 Å². The molecule has 0 bridgehead atoms. The molecule has 0 aliphatic carbocycles. The SMILES string of the molecule is CCOc1ccccc1CNC(=O)c1cc([N+](=O)[O-])ccc1Cl. The predicted molar refractivity (Wildman–Crippen MR) is 86.9 cm³/mol. The fourth-order valence-electron chi connectivity index (χ4n) is 2.02. The number of non-ortho nitro benzene ring substituents is 1. The van der Waals surface area contributed by atoms with E-state index in [-0.39, 0.29) is 22.8 Å². The van der Waals surface area contributed by atoms with Crippen molar-refractivity contribution in [2.45, 2.75) is 13.5 Å². The first-order valence-electron chi connectivity index (χ1n) is 6.95. The maximum Gasteiger partial charge on any atom is 0.270 e. The number of benzene rings is 2. The van der Waals surface area contributed by atoms with Gasteiger partial charge in [0.05, 0.1) is 22.1 Å². The lowest BCUT2D eigenvalue weighted by Crippen LogP contribution is -2.23. The molecule has 1 N–H and O–H groups in total. The van der Waals surface area contributed by atoms with Crippen LogP contribution in [0.25, 0.3) is 0 Å². The highest BCUT2D eigenvalue weighted by molar-refractivity contribution is 6.33. The molecule has 0 unspecified atom stereocenters. The van der Waals surface area contributed by atoms with Crippen molar-refractivity contribution in [3.05, 3.63) is 68.7 Å². The third-order valence-corrected chi connectivity index (χ3v) is 3.45. The number of nitro benzene ring substituents is 1. The summed E-state index contributed by atoms with van der Waals surface area (Å²) in [4.78, 5) is 22.4. The summed E-state index contributed by atoms with van der Waals surface area (Å²) >= 11 is 5.95. The number of amides is 1. The van der Waals surface area contributed by atoms with Crippen molar-refractivity contribution < 1.29 is 14.5 Å². The molecule has 0 aromatic heterocycles. The van der Waals surface area contributed by atoms with Gasteiger partial charge in [-0.3, -0.25) is 14.9 Å². The smallest absolute Gasteiger partial charge is 0.270 e. The molecule has 7 heteroatoms. The second-order valence-corrected chi connectivity index (χ2v) is 5.05. The van der Waals surface area contributed by atoms with Crippen molar-refractivity contribution in [1.82, 2.24) is 5.32 Å². The van der Waals surface area contributed by atoms with Gasteiger partial charge in [-0.2, -0.15) is 0 Å². The van der Waals surface area contributed by atoms with Gasteiger partial charge in [0.2, 0.25) is 0 Å². The van der Waals surface area contributed by atoms with Crippen LogP contribution >= 0.6 is 11.6 Å². The van der Waals surface area contributed by atoms with Gasteiger partial charge in [-0.05, 0) is 19.1 Å². The van der Waals surface area contributed by atoms with Crippen molar-refractivity contribution >= 4 is 23.2 Å². The Hall–Kier alpha value is -2.60. The fraction of sp³-hybridized carbons (Fsp3) is 0.188. The lowest BCUT2D eigenvalue weighted by atomic mass is 10.1. The first kappa shape index (κ1) is 16.8. The zero-order chi connectivity index (χ0) is 16.8. The van der Waals surface area contributed by atoms with Crippen LogP contribution in [0.4, 0.5) is 5.69 Å². The number of nitro groups is 1. The number of nitrogens with zero attached hydrogens (tertiary/aromatic N) is 1. The number of rotatable bonds is 6. The van der Waals surface area contributed by atoms with Gasteiger partial charge >= 0.3 is 0 Å². The summed E-state index contributed by atoms with van der Waals surface area (Å²) in [6.07, 6.45) is 0. The molecule has 0 heterocycles. The molecule has 2 rings (SSSR count). The van der Waals surface area contributed by atoms with Crippen molar-refractivity contribution in [2.75, 3.05) is 6.61 Å². The van der Waals surface area contributed by atoms with Gasteiger partial charge in [-0.1, -0.05) is 29.8 Å². The molecule has 1 amide bonds. The quantitative estimate of drug-likeness (QED) is 0.646. The number of halogens is 1. The molecule has 0 saturated heterocycles. The van der Waals surface area contributed by atoms with Crippen LogP contribution in [0.2, 0.25) is 5.02 Å². The Bertz CT molecular complexity index is 734. The van der Waals surface area contributed by atoms with E-state index in [9.17, 15) is 14.9 Å². The summed E-state index contributed by atoms with van der Waals surface area (Å²) in [5.41, 5.74) is 0.688. The molecule has 0 saturated carbocycles. The molecule has 0 radical (unpaired) electrons. The van der Waals surface area contributed by atoms with Gasteiger partial charge in [0.25, 0.3) is 11.6 Å². The molecule has 0 aliphatic rings. The van der Waals surface area contributed by atoms with Crippen LogP contribution in [0.3, 0.4) is 0 Å². The van der Waals surface area contributed by atoms with Crippen LogP contribution in [0, 0.1) is 10.1 Å². The molecule has 0 aliphatic heterocycles. The zero-order valence-electron chi connectivity index (χ0n) is 12.4. The number of hydrogen-bond donors (Lipinski definition) is 1. The van der Waals surface area contributed by atoms with Crippen LogP contribution < -0.4 is 10.1 Å². The van der Waals surface area contributed by atoms with E-state index < -0.39 is 10.8 Å². The molecule has 0 atom stereocenters. The third kappa shape index (κ3) is 4.20. The monoisotopic (exact) mass is 334 g/mol. The van der Waals surface area contributed by atoms with Crippen LogP contribution in [0.1, 0.15) is 22.8 Å². The number of carbonyl (C=O) groups is 1. The molecule has 2 aromatic carbocycles. The van der Waals surface area contributed by atoms with Crippen LogP contribution in [0.15, 0.2) is 42.5 Å². The Morgan fingerprint density at radius 3 is 2.74 bits per heavy atom. The fourth-order valence-corrected chi connectivity index (χ4v) is 2.22. The van der Waals surface area contributed by atoms with Gasteiger partial charge in [-0.25, -0.2) is 0 Å². The second kappa shape index (κ2) is 7.60. The largest absolute Gasteiger partial charge is 0.494 e. The minimum atomic E-state index is -0.572. The highest BCUT2D eigenvalue weighted by Crippen LogP contribution is 2.22. The molecule has 0 spiro atoms. The molecule has 120 valence electrons. The van der Waals surface area contributed by atoms with Crippen molar-refractivity contribution in [3.8, 4) is 5.75 Å². The van der Waals surface area contributed by atoms with Gasteiger partial charge in [0.15, 0.2) is 0 Å². The van der Waals surface area contributed by atoms with E-state index in [1.54, 1.807) is 0 Å². The number of ether oxygens (including phenoxy) is 1. The third-order valence-electron chi connectivity index (χ3n) is 3.12. The maximum absolute atomic E-state index is 12.2. The summed E-state index contributed by atoms with van der Waals surface area (Å²) < 4.78 is 5.48. The number of hydrogen-bond acceptors (Lipinski definition) is 4. The van der Waals surface area contributed by atoms with E-state index in [4.69, 9.17) is 16.3 Å². The average Bonchev–Trinajstić information content (AvgIpc) is 2.54. The Balaban J connectivity index is 2.14.